The first-order chi connectivity index (χ1) is 10.2. The molecule has 0 aromatic heterocycles. The third-order valence-corrected chi connectivity index (χ3v) is 3.46. The van der Waals surface area contributed by atoms with Gasteiger partial charge in [0.15, 0.2) is 11.6 Å². The van der Waals surface area contributed by atoms with Crippen molar-refractivity contribution in [2.75, 3.05) is 14.2 Å². The van der Waals surface area contributed by atoms with Crippen molar-refractivity contribution in [2.45, 2.75) is 19.5 Å². The summed E-state index contributed by atoms with van der Waals surface area (Å²) < 4.78 is 24.3. The lowest BCUT2D eigenvalue weighted by atomic mass is 10.1. The van der Waals surface area contributed by atoms with Gasteiger partial charge in [-0.25, -0.2) is 4.39 Å². The van der Waals surface area contributed by atoms with Gasteiger partial charge >= 0.3 is 0 Å². The quantitative estimate of drug-likeness (QED) is 0.879. The minimum atomic E-state index is -0.314. The molecule has 2 aromatic carbocycles. The van der Waals surface area contributed by atoms with Crippen molar-refractivity contribution in [2.24, 2.45) is 0 Å². The number of rotatable bonds is 6. The molecular weight excluding hydrogens is 269 g/mol. The summed E-state index contributed by atoms with van der Waals surface area (Å²) in [6, 6.07) is 13.1. The molecule has 4 heteroatoms. The van der Waals surface area contributed by atoms with E-state index < -0.39 is 0 Å². The zero-order valence-electron chi connectivity index (χ0n) is 12.5. The summed E-state index contributed by atoms with van der Waals surface area (Å²) in [5.74, 6) is 0.766. The van der Waals surface area contributed by atoms with E-state index in [1.54, 1.807) is 25.3 Å². The lowest BCUT2D eigenvalue weighted by Crippen LogP contribution is -2.19. The molecule has 0 bridgehead atoms. The van der Waals surface area contributed by atoms with E-state index in [0.717, 1.165) is 11.3 Å². The van der Waals surface area contributed by atoms with Crippen molar-refractivity contribution in [1.29, 1.82) is 0 Å². The zero-order chi connectivity index (χ0) is 15.2. The van der Waals surface area contributed by atoms with Crippen molar-refractivity contribution in [3.05, 3.63) is 59.4 Å². The van der Waals surface area contributed by atoms with Gasteiger partial charge < -0.3 is 14.8 Å². The van der Waals surface area contributed by atoms with Gasteiger partial charge in [0.2, 0.25) is 0 Å². The second kappa shape index (κ2) is 7.09. The van der Waals surface area contributed by atoms with Gasteiger partial charge in [0.1, 0.15) is 5.75 Å². The molecule has 3 nitrogen and oxygen atoms in total. The normalized spacial score (nSPS) is 12.0. The maximum atomic E-state index is 14.1. The number of halogens is 1. The van der Waals surface area contributed by atoms with Gasteiger partial charge in [-0.1, -0.05) is 24.3 Å². The fourth-order valence-corrected chi connectivity index (χ4v) is 2.14. The molecule has 0 amide bonds. The van der Waals surface area contributed by atoms with Gasteiger partial charge in [-0.05, 0) is 30.7 Å². The highest BCUT2D eigenvalue weighted by Crippen LogP contribution is 2.22. The Hall–Kier alpha value is -2.07. The van der Waals surface area contributed by atoms with Crippen molar-refractivity contribution in [3.63, 3.8) is 0 Å². The Morgan fingerprint density at radius 1 is 1.10 bits per heavy atom. The van der Waals surface area contributed by atoms with Crippen LogP contribution in [0.1, 0.15) is 24.1 Å². The Morgan fingerprint density at radius 2 is 1.86 bits per heavy atom. The van der Waals surface area contributed by atoms with Crippen LogP contribution in [0, 0.1) is 5.82 Å². The third kappa shape index (κ3) is 3.73. The SMILES string of the molecule is COc1cccc([C@@H](C)NCc2cccc(OC)c2F)c1. The number of hydrogen-bond acceptors (Lipinski definition) is 3. The van der Waals surface area contributed by atoms with Gasteiger partial charge in [0.05, 0.1) is 14.2 Å². The van der Waals surface area contributed by atoms with E-state index in [1.165, 1.54) is 7.11 Å². The Labute approximate surface area is 124 Å². The summed E-state index contributed by atoms with van der Waals surface area (Å²) in [5.41, 5.74) is 1.68. The van der Waals surface area contributed by atoms with Crippen LogP contribution in [0.5, 0.6) is 11.5 Å². The fourth-order valence-electron chi connectivity index (χ4n) is 2.14. The molecule has 2 aromatic rings. The second-order valence-electron chi connectivity index (χ2n) is 4.81. The molecule has 0 radical (unpaired) electrons. The first-order valence-corrected chi connectivity index (χ1v) is 6.84. The van der Waals surface area contributed by atoms with Gasteiger partial charge in [0, 0.05) is 18.2 Å². The Kier molecular flexibility index (Phi) is 5.17. The first-order valence-electron chi connectivity index (χ1n) is 6.84. The minimum absolute atomic E-state index is 0.0886. The predicted octanol–water partition coefficient (Wildman–Crippen LogP) is 3.69. The third-order valence-electron chi connectivity index (χ3n) is 3.46. The highest BCUT2D eigenvalue weighted by molar-refractivity contribution is 5.32. The molecule has 2 rings (SSSR count). The summed E-state index contributed by atoms with van der Waals surface area (Å²) in [6.07, 6.45) is 0. The molecule has 0 aliphatic rings. The largest absolute Gasteiger partial charge is 0.497 e. The average Bonchev–Trinajstić information content (AvgIpc) is 2.53. The molecule has 0 unspecified atom stereocenters. The Balaban J connectivity index is 2.05. The van der Waals surface area contributed by atoms with Gasteiger partial charge in [-0.15, -0.1) is 0 Å². The lowest BCUT2D eigenvalue weighted by molar-refractivity contribution is 0.382. The minimum Gasteiger partial charge on any atom is -0.497 e. The van der Waals surface area contributed by atoms with Crippen LogP contribution in [0.25, 0.3) is 0 Å². The van der Waals surface area contributed by atoms with E-state index in [1.807, 2.05) is 31.2 Å². The molecule has 0 fully saturated rings. The van der Waals surface area contributed by atoms with Gasteiger partial charge in [-0.3, -0.25) is 0 Å². The predicted molar refractivity (Wildman–Crippen MR) is 81.2 cm³/mol. The van der Waals surface area contributed by atoms with Crippen LogP contribution >= 0.6 is 0 Å². The van der Waals surface area contributed by atoms with Crippen LogP contribution in [0.3, 0.4) is 0 Å². The van der Waals surface area contributed by atoms with E-state index in [4.69, 9.17) is 9.47 Å². The van der Waals surface area contributed by atoms with Gasteiger partial charge in [-0.2, -0.15) is 0 Å². The summed E-state index contributed by atoms with van der Waals surface area (Å²) in [7, 11) is 3.11. The summed E-state index contributed by atoms with van der Waals surface area (Å²) in [4.78, 5) is 0. The van der Waals surface area contributed by atoms with Crippen LogP contribution in [-0.4, -0.2) is 14.2 Å². The fraction of sp³-hybridized carbons (Fsp3) is 0.294. The molecule has 1 atom stereocenters. The van der Waals surface area contributed by atoms with Crippen LogP contribution in [0.4, 0.5) is 4.39 Å². The molecule has 0 aliphatic carbocycles. The number of nitrogens with one attached hydrogen (secondary N) is 1. The van der Waals surface area contributed by atoms with Crippen molar-refractivity contribution in [3.8, 4) is 11.5 Å². The summed E-state index contributed by atoms with van der Waals surface area (Å²) in [5, 5.41) is 3.31. The smallest absolute Gasteiger partial charge is 0.169 e. The second-order valence-corrected chi connectivity index (χ2v) is 4.81. The van der Waals surface area contributed by atoms with Gasteiger partial charge in [0.25, 0.3) is 0 Å². The van der Waals surface area contributed by atoms with E-state index in [9.17, 15) is 4.39 Å². The molecule has 0 spiro atoms. The summed E-state index contributed by atoms with van der Waals surface area (Å²) >= 11 is 0. The maximum Gasteiger partial charge on any atom is 0.169 e. The number of hydrogen-bond donors (Lipinski definition) is 1. The molecule has 0 saturated heterocycles. The molecule has 0 aliphatic heterocycles. The van der Waals surface area contributed by atoms with Crippen LogP contribution in [-0.2, 0) is 6.54 Å². The van der Waals surface area contributed by atoms with E-state index >= 15 is 0 Å². The van der Waals surface area contributed by atoms with Crippen molar-refractivity contribution >= 4 is 0 Å². The van der Waals surface area contributed by atoms with Crippen LogP contribution < -0.4 is 14.8 Å². The topological polar surface area (TPSA) is 30.5 Å². The van der Waals surface area contributed by atoms with Crippen molar-refractivity contribution < 1.29 is 13.9 Å². The molecule has 0 heterocycles. The molecular formula is C17H20FNO2. The molecule has 1 N–H and O–H groups in total. The standard InChI is InChI=1S/C17H20FNO2/c1-12(13-6-4-8-15(10-13)20-2)19-11-14-7-5-9-16(21-3)17(14)18/h4-10,12,19H,11H2,1-3H3/t12-/m1/s1. The zero-order valence-corrected chi connectivity index (χ0v) is 12.5. The molecule has 112 valence electrons. The first kappa shape index (κ1) is 15.3. The van der Waals surface area contributed by atoms with E-state index in [2.05, 4.69) is 5.32 Å². The van der Waals surface area contributed by atoms with Crippen LogP contribution in [0.2, 0.25) is 0 Å². The van der Waals surface area contributed by atoms with Crippen LogP contribution in [0.15, 0.2) is 42.5 Å². The molecule has 0 saturated carbocycles. The van der Waals surface area contributed by atoms with Crippen molar-refractivity contribution in [1.82, 2.24) is 5.32 Å². The Morgan fingerprint density at radius 3 is 2.57 bits per heavy atom. The monoisotopic (exact) mass is 289 g/mol. The highest BCUT2D eigenvalue weighted by Gasteiger charge is 2.10. The highest BCUT2D eigenvalue weighted by atomic mass is 19.1. The van der Waals surface area contributed by atoms with E-state index in [-0.39, 0.29) is 17.6 Å². The number of methoxy groups -OCH3 is 2. The Bertz CT molecular complexity index is 601. The maximum absolute atomic E-state index is 14.1. The number of benzene rings is 2. The number of ether oxygens (including phenoxy) is 2. The van der Waals surface area contributed by atoms with E-state index in [0.29, 0.717) is 12.1 Å². The summed E-state index contributed by atoms with van der Waals surface area (Å²) in [6.45, 7) is 2.47. The molecule has 21 heavy (non-hydrogen) atoms. The average molecular weight is 289 g/mol. The lowest BCUT2D eigenvalue weighted by Gasteiger charge is -2.16.